The molecular formula is C32H41N3O4S. The van der Waals surface area contributed by atoms with Gasteiger partial charge in [0.1, 0.15) is 6.61 Å². The molecule has 3 atom stereocenters. The van der Waals surface area contributed by atoms with Gasteiger partial charge in [-0.15, -0.1) is 0 Å². The summed E-state index contributed by atoms with van der Waals surface area (Å²) in [6, 6.07) is 28.5. The number of sulfonamides is 1. The number of ether oxygens (including phenoxy) is 1. The largest absolute Gasteiger partial charge is 0.461 e. The third kappa shape index (κ3) is 8.01. The molecule has 1 aliphatic heterocycles. The molecule has 1 saturated heterocycles. The van der Waals surface area contributed by atoms with Crippen LogP contribution in [-0.2, 0) is 26.2 Å². The minimum atomic E-state index is -3.59. The second-order valence-corrected chi connectivity index (χ2v) is 12.5. The molecule has 1 heterocycles. The molecular weight excluding hydrogens is 522 g/mol. The van der Waals surface area contributed by atoms with E-state index in [0.717, 1.165) is 43.6 Å². The molecule has 40 heavy (non-hydrogen) atoms. The molecule has 3 aromatic carbocycles. The van der Waals surface area contributed by atoms with Crippen LogP contribution in [0.2, 0.25) is 0 Å². The number of likely N-dealkylation sites (N-methyl/N-ethyl adjacent to an activating group) is 1. The van der Waals surface area contributed by atoms with Gasteiger partial charge < -0.3 is 10.1 Å². The van der Waals surface area contributed by atoms with Crippen molar-refractivity contribution >= 4 is 16.0 Å². The van der Waals surface area contributed by atoms with E-state index in [1.165, 1.54) is 4.31 Å². The summed E-state index contributed by atoms with van der Waals surface area (Å²) in [6.07, 6.45) is 2.30. The van der Waals surface area contributed by atoms with E-state index in [0.29, 0.717) is 24.5 Å². The molecule has 0 bridgehead atoms. The molecule has 3 aromatic rings. The molecule has 0 saturated carbocycles. The number of carbonyl (C=O) groups excluding carboxylic acids is 1. The van der Waals surface area contributed by atoms with Crippen molar-refractivity contribution in [2.75, 3.05) is 33.2 Å². The predicted octanol–water partition coefficient (Wildman–Crippen LogP) is 4.87. The summed E-state index contributed by atoms with van der Waals surface area (Å²) >= 11 is 0. The Kier molecular flexibility index (Phi) is 10.9. The first-order valence-corrected chi connectivity index (χ1v) is 15.6. The monoisotopic (exact) mass is 563 g/mol. The zero-order chi connectivity index (χ0) is 28.4. The number of piperidine rings is 1. The third-order valence-electron chi connectivity index (χ3n) is 7.67. The molecule has 7 nitrogen and oxygen atoms in total. The van der Waals surface area contributed by atoms with Crippen LogP contribution in [0.4, 0.5) is 0 Å². The van der Waals surface area contributed by atoms with Crippen LogP contribution >= 0.6 is 0 Å². The molecule has 0 spiro atoms. The van der Waals surface area contributed by atoms with E-state index in [1.807, 2.05) is 54.6 Å². The van der Waals surface area contributed by atoms with Crippen LogP contribution in [0, 0.1) is 5.92 Å². The maximum atomic E-state index is 13.2. The van der Waals surface area contributed by atoms with E-state index in [-0.39, 0.29) is 24.0 Å². The van der Waals surface area contributed by atoms with E-state index in [4.69, 9.17) is 4.74 Å². The van der Waals surface area contributed by atoms with Gasteiger partial charge in [-0.2, -0.15) is 0 Å². The Hall–Kier alpha value is -3.04. The molecule has 1 fully saturated rings. The van der Waals surface area contributed by atoms with Crippen molar-refractivity contribution in [3.63, 3.8) is 0 Å². The van der Waals surface area contributed by atoms with Gasteiger partial charge in [-0.3, -0.25) is 9.69 Å². The second-order valence-electron chi connectivity index (χ2n) is 10.4. The summed E-state index contributed by atoms with van der Waals surface area (Å²) in [5.41, 5.74) is 2.11. The SMILES string of the molecule is CCN[C@H]1C[C@@H](C(=O)OCc2ccccc2)CCN1CCC(CN(C)S(=O)(=O)c1ccccc1)c1ccccc1. The average molecular weight is 564 g/mol. The third-order valence-corrected chi connectivity index (χ3v) is 9.51. The maximum Gasteiger partial charge on any atom is 0.309 e. The zero-order valence-electron chi connectivity index (χ0n) is 23.5. The van der Waals surface area contributed by atoms with Crippen molar-refractivity contribution in [3.8, 4) is 0 Å². The van der Waals surface area contributed by atoms with Crippen molar-refractivity contribution in [1.29, 1.82) is 0 Å². The summed E-state index contributed by atoms with van der Waals surface area (Å²) in [5, 5.41) is 3.56. The van der Waals surface area contributed by atoms with Crippen LogP contribution < -0.4 is 5.32 Å². The van der Waals surface area contributed by atoms with Crippen molar-refractivity contribution in [1.82, 2.24) is 14.5 Å². The average Bonchev–Trinajstić information content (AvgIpc) is 2.99. The van der Waals surface area contributed by atoms with Crippen LogP contribution in [0.3, 0.4) is 0 Å². The highest BCUT2D eigenvalue weighted by atomic mass is 32.2. The maximum absolute atomic E-state index is 13.2. The van der Waals surface area contributed by atoms with E-state index in [2.05, 4.69) is 29.3 Å². The zero-order valence-corrected chi connectivity index (χ0v) is 24.3. The standard InChI is InChI=1S/C32H41N3O4S/c1-3-33-31-23-28(32(36)39-25-26-13-7-4-8-14-26)19-21-35(31)22-20-29(27-15-9-5-10-16-27)24-34(2)40(37,38)30-17-11-6-12-18-30/h4-18,28-29,31,33H,3,19-25H2,1-2H3/t28-,29?,31+/m0/s1. The number of hydrogen-bond donors (Lipinski definition) is 1. The molecule has 8 heteroatoms. The van der Waals surface area contributed by atoms with Crippen LogP contribution in [0.15, 0.2) is 95.9 Å². The highest BCUT2D eigenvalue weighted by Crippen LogP contribution is 2.28. The lowest BCUT2D eigenvalue weighted by molar-refractivity contribution is -0.152. The van der Waals surface area contributed by atoms with Gasteiger partial charge in [0.05, 0.1) is 17.0 Å². The Morgan fingerprint density at radius 3 is 2.27 bits per heavy atom. The lowest BCUT2D eigenvalue weighted by Gasteiger charge is -2.40. The number of nitrogens with zero attached hydrogens (tertiary/aromatic N) is 2. The minimum Gasteiger partial charge on any atom is -0.461 e. The molecule has 1 aliphatic rings. The Morgan fingerprint density at radius 1 is 1.00 bits per heavy atom. The topological polar surface area (TPSA) is 79.0 Å². The normalized spacial score (nSPS) is 18.9. The fraction of sp³-hybridized carbons (Fsp3) is 0.406. The lowest BCUT2D eigenvalue weighted by atomic mass is 9.92. The van der Waals surface area contributed by atoms with Crippen LogP contribution in [0.1, 0.15) is 43.2 Å². The van der Waals surface area contributed by atoms with Gasteiger partial charge in [-0.25, -0.2) is 12.7 Å². The molecule has 0 radical (unpaired) electrons. The van der Waals surface area contributed by atoms with Crippen molar-refractivity contribution in [2.45, 2.75) is 49.8 Å². The fourth-order valence-electron chi connectivity index (χ4n) is 5.38. The van der Waals surface area contributed by atoms with Gasteiger partial charge in [-0.05, 0) is 55.0 Å². The Bertz CT molecular complexity index is 1290. The molecule has 1 unspecified atom stereocenters. The number of likely N-dealkylation sites (tertiary alicyclic amines) is 1. The molecule has 4 rings (SSSR count). The Balaban J connectivity index is 1.39. The first kappa shape index (κ1) is 29.9. The molecule has 0 aliphatic carbocycles. The summed E-state index contributed by atoms with van der Waals surface area (Å²) in [7, 11) is -1.93. The fourth-order valence-corrected chi connectivity index (χ4v) is 6.62. The minimum absolute atomic E-state index is 0.0283. The van der Waals surface area contributed by atoms with Gasteiger partial charge in [0.15, 0.2) is 0 Å². The van der Waals surface area contributed by atoms with Gasteiger partial charge in [0.25, 0.3) is 0 Å². The number of esters is 1. The van der Waals surface area contributed by atoms with E-state index in [9.17, 15) is 13.2 Å². The summed E-state index contributed by atoms with van der Waals surface area (Å²) in [4.78, 5) is 15.6. The summed E-state index contributed by atoms with van der Waals surface area (Å²) < 4.78 is 33.6. The number of benzene rings is 3. The molecule has 0 aromatic heterocycles. The predicted molar refractivity (Wildman–Crippen MR) is 158 cm³/mol. The summed E-state index contributed by atoms with van der Waals surface area (Å²) in [6.45, 7) is 5.13. The Labute approximate surface area is 239 Å². The van der Waals surface area contributed by atoms with Gasteiger partial charge >= 0.3 is 5.97 Å². The van der Waals surface area contributed by atoms with Gasteiger partial charge in [0.2, 0.25) is 10.0 Å². The smallest absolute Gasteiger partial charge is 0.309 e. The van der Waals surface area contributed by atoms with Gasteiger partial charge in [0, 0.05) is 26.7 Å². The number of nitrogens with one attached hydrogen (secondary N) is 1. The number of hydrogen-bond acceptors (Lipinski definition) is 6. The van der Waals surface area contributed by atoms with Gasteiger partial charge in [-0.1, -0.05) is 85.8 Å². The van der Waals surface area contributed by atoms with Crippen molar-refractivity contribution in [2.24, 2.45) is 5.92 Å². The highest BCUT2D eigenvalue weighted by Gasteiger charge is 2.33. The molecule has 1 N–H and O–H groups in total. The van der Waals surface area contributed by atoms with E-state index in [1.54, 1.807) is 31.3 Å². The van der Waals surface area contributed by atoms with Crippen LogP contribution in [0.25, 0.3) is 0 Å². The Morgan fingerprint density at radius 2 is 1.62 bits per heavy atom. The second kappa shape index (κ2) is 14.6. The van der Waals surface area contributed by atoms with E-state index < -0.39 is 10.0 Å². The number of carbonyl (C=O) groups is 1. The first-order chi connectivity index (χ1) is 19.4. The van der Waals surface area contributed by atoms with Crippen molar-refractivity contribution in [3.05, 3.63) is 102 Å². The van der Waals surface area contributed by atoms with Crippen LogP contribution in [-0.4, -0.2) is 63.0 Å². The van der Waals surface area contributed by atoms with E-state index >= 15 is 0 Å². The van der Waals surface area contributed by atoms with Crippen LogP contribution in [0.5, 0.6) is 0 Å². The van der Waals surface area contributed by atoms with Crippen molar-refractivity contribution < 1.29 is 17.9 Å². The number of rotatable bonds is 13. The quantitative estimate of drug-likeness (QED) is 0.299. The molecule has 214 valence electrons. The molecule has 0 amide bonds. The first-order valence-electron chi connectivity index (χ1n) is 14.1. The lowest BCUT2D eigenvalue weighted by Crippen LogP contribution is -2.52. The highest BCUT2D eigenvalue weighted by molar-refractivity contribution is 7.89. The summed E-state index contributed by atoms with van der Waals surface area (Å²) in [5.74, 6) is -0.252.